The number of hydrogen-bond acceptors (Lipinski definition) is 5. The van der Waals surface area contributed by atoms with Gasteiger partial charge in [0.15, 0.2) is 0 Å². The number of fused-ring (bicyclic) bond motifs is 2. The van der Waals surface area contributed by atoms with Gasteiger partial charge in [-0.15, -0.1) is 0 Å². The Kier molecular flexibility index (Phi) is 6.37. The number of nitriles is 1. The maximum absolute atomic E-state index is 9.20. The first-order valence-electron chi connectivity index (χ1n) is 13.0. The lowest BCUT2D eigenvalue weighted by Crippen LogP contribution is -2.45. The monoisotopic (exact) mass is 522 g/mol. The average Bonchev–Trinajstić information content (AvgIpc) is 3.30. The molecule has 188 valence electrons. The third-order valence-electron chi connectivity index (χ3n) is 8.73. The standard InChI is InChI=1S/C28H32Cl2N6/c1-34-11-13-35(14-12-34)9-2-10-36(27-32-24-15-22(29)23(30)16-25(24)33-27)26-7-8-28(17-21(26)28)20-5-3-19(18-31)4-6-20/h3-6,15-16,21,26H,2,7-14,17H2,1H3,(H,32,33)/t21?,26-,28-/m1/s1. The molecule has 0 bridgehead atoms. The molecule has 1 aliphatic heterocycles. The summed E-state index contributed by atoms with van der Waals surface area (Å²) in [6, 6.07) is 14.7. The molecule has 2 aliphatic carbocycles. The molecule has 3 atom stereocenters. The summed E-state index contributed by atoms with van der Waals surface area (Å²) < 4.78 is 0. The number of imidazole rings is 1. The highest BCUT2D eigenvalue weighted by Gasteiger charge is 2.63. The third-order valence-corrected chi connectivity index (χ3v) is 9.45. The fourth-order valence-corrected chi connectivity index (χ4v) is 6.87. The first-order valence-corrected chi connectivity index (χ1v) is 13.8. The van der Waals surface area contributed by atoms with Crippen LogP contribution in [0.2, 0.25) is 10.0 Å². The number of H-pyrrole nitrogens is 1. The predicted octanol–water partition coefficient (Wildman–Crippen LogP) is 5.31. The summed E-state index contributed by atoms with van der Waals surface area (Å²) in [6.07, 6.45) is 4.64. The minimum absolute atomic E-state index is 0.243. The Morgan fingerprint density at radius 3 is 2.61 bits per heavy atom. The van der Waals surface area contributed by atoms with Gasteiger partial charge < -0.3 is 19.7 Å². The largest absolute Gasteiger partial charge is 0.339 e. The Labute approximate surface area is 222 Å². The molecule has 3 aliphatic rings. The van der Waals surface area contributed by atoms with Crippen molar-refractivity contribution >= 4 is 40.2 Å². The predicted molar refractivity (Wildman–Crippen MR) is 146 cm³/mol. The van der Waals surface area contributed by atoms with Gasteiger partial charge in [0.2, 0.25) is 5.95 Å². The number of aromatic amines is 1. The number of likely N-dealkylation sites (N-methyl/N-ethyl adjacent to an activating group) is 1. The van der Waals surface area contributed by atoms with Gasteiger partial charge in [0.25, 0.3) is 0 Å². The topological polar surface area (TPSA) is 62.2 Å². The van der Waals surface area contributed by atoms with Crippen LogP contribution in [0.15, 0.2) is 36.4 Å². The molecule has 2 saturated carbocycles. The van der Waals surface area contributed by atoms with Crippen LogP contribution in [0.3, 0.4) is 0 Å². The highest BCUT2D eigenvalue weighted by atomic mass is 35.5. The van der Waals surface area contributed by atoms with Crippen LogP contribution in [0.1, 0.15) is 36.8 Å². The number of aromatic nitrogens is 2. The van der Waals surface area contributed by atoms with Gasteiger partial charge >= 0.3 is 0 Å². The van der Waals surface area contributed by atoms with Gasteiger partial charge in [-0.2, -0.15) is 5.26 Å². The number of nitrogens with one attached hydrogen (secondary N) is 1. The average molecular weight is 524 g/mol. The summed E-state index contributed by atoms with van der Waals surface area (Å²) in [6.45, 7) is 6.66. The second-order valence-corrected chi connectivity index (χ2v) is 11.6. The first kappa shape index (κ1) is 24.1. The summed E-state index contributed by atoms with van der Waals surface area (Å²) in [5.41, 5.74) is 4.14. The summed E-state index contributed by atoms with van der Waals surface area (Å²) in [7, 11) is 2.20. The van der Waals surface area contributed by atoms with Crippen LogP contribution in [0.5, 0.6) is 0 Å². The van der Waals surface area contributed by atoms with Gasteiger partial charge in [0, 0.05) is 44.2 Å². The number of anilines is 1. The van der Waals surface area contributed by atoms with Crippen LogP contribution >= 0.6 is 23.2 Å². The molecule has 0 amide bonds. The molecule has 2 heterocycles. The molecule has 1 unspecified atom stereocenters. The van der Waals surface area contributed by atoms with Crippen molar-refractivity contribution in [3.05, 3.63) is 57.6 Å². The quantitative estimate of drug-likeness (QED) is 0.455. The smallest absolute Gasteiger partial charge is 0.204 e. The van der Waals surface area contributed by atoms with Gasteiger partial charge in [0.05, 0.1) is 32.7 Å². The zero-order chi connectivity index (χ0) is 24.9. The SMILES string of the molecule is CN1CCN(CCCN(c2nc3cc(Cl)c(Cl)cc3[nH]2)[C@@H]2CC[C@]3(c4ccc(C#N)cc4)CC23)CC1. The lowest BCUT2D eigenvalue weighted by atomic mass is 9.93. The molecule has 8 heteroatoms. The summed E-state index contributed by atoms with van der Waals surface area (Å²) in [4.78, 5) is 16.1. The normalized spacial score (nSPS) is 26.2. The zero-order valence-corrected chi connectivity index (χ0v) is 22.2. The molecule has 2 aromatic carbocycles. The highest BCUT2D eigenvalue weighted by molar-refractivity contribution is 6.42. The molecule has 1 saturated heterocycles. The van der Waals surface area contributed by atoms with Crippen molar-refractivity contribution in [2.45, 2.75) is 37.1 Å². The van der Waals surface area contributed by atoms with Crippen molar-refractivity contribution in [1.29, 1.82) is 5.26 Å². The number of rotatable bonds is 7. The highest BCUT2D eigenvalue weighted by Crippen LogP contribution is 2.65. The van der Waals surface area contributed by atoms with Crippen LogP contribution in [-0.2, 0) is 5.41 Å². The molecule has 6 rings (SSSR count). The first-order chi connectivity index (χ1) is 17.5. The third kappa shape index (κ3) is 4.37. The van der Waals surface area contributed by atoms with E-state index in [2.05, 4.69) is 44.9 Å². The molecule has 1 N–H and O–H groups in total. The molecule has 36 heavy (non-hydrogen) atoms. The van der Waals surface area contributed by atoms with Crippen LogP contribution in [0.4, 0.5) is 5.95 Å². The van der Waals surface area contributed by atoms with Crippen LogP contribution in [0, 0.1) is 17.2 Å². The lowest BCUT2D eigenvalue weighted by Gasteiger charge is -2.34. The maximum Gasteiger partial charge on any atom is 0.204 e. The van der Waals surface area contributed by atoms with Gasteiger partial charge in [-0.3, -0.25) is 0 Å². The van der Waals surface area contributed by atoms with E-state index in [0.29, 0.717) is 22.0 Å². The second kappa shape index (κ2) is 9.54. The van der Waals surface area contributed by atoms with E-state index < -0.39 is 0 Å². The minimum Gasteiger partial charge on any atom is -0.339 e. The fourth-order valence-electron chi connectivity index (χ4n) is 6.55. The van der Waals surface area contributed by atoms with Gasteiger partial charge in [0.1, 0.15) is 0 Å². The molecule has 0 spiro atoms. The summed E-state index contributed by atoms with van der Waals surface area (Å²) >= 11 is 12.6. The Balaban J connectivity index is 1.24. The van der Waals surface area contributed by atoms with Gasteiger partial charge in [-0.1, -0.05) is 35.3 Å². The van der Waals surface area contributed by atoms with Crippen molar-refractivity contribution in [2.75, 3.05) is 51.2 Å². The van der Waals surface area contributed by atoms with Crippen molar-refractivity contribution in [2.24, 2.45) is 5.92 Å². The number of piperazine rings is 1. The van der Waals surface area contributed by atoms with Crippen molar-refractivity contribution < 1.29 is 0 Å². The van der Waals surface area contributed by atoms with Crippen LogP contribution < -0.4 is 4.90 Å². The Hall–Kier alpha value is -2.30. The van der Waals surface area contributed by atoms with Crippen molar-refractivity contribution in [1.82, 2.24) is 19.8 Å². The van der Waals surface area contributed by atoms with E-state index in [4.69, 9.17) is 28.2 Å². The van der Waals surface area contributed by atoms with E-state index in [1.807, 2.05) is 24.3 Å². The molecular weight excluding hydrogens is 491 g/mol. The molecule has 3 fully saturated rings. The van der Waals surface area contributed by atoms with Gasteiger partial charge in [-0.05, 0) is 75.0 Å². The van der Waals surface area contributed by atoms with E-state index >= 15 is 0 Å². The molecule has 6 nitrogen and oxygen atoms in total. The number of benzene rings is 2. The molecule has 3 aromatic rings. The summed E-state index contributed by atoms with van der Waals surface area (Å²) in [5, 5.41) is 10.3. The van der Waals surface area contributed by atoms with E-state index in [1.165, 1.54) is 18.4 Å². The number of halogens is 2. The van der Waals surface area contributed by atoms with E-state index in [-0.39, 0.29) is 5.41 Å². The Morgan fingerprint density at radius 2 is 1.89 bits per heavy atom. The van der Waals surface area contributed by atoms with Crippen molar-refractivity contribution in [3.8, 4) is 6.07 Å². The fraction of sp³-hybridized carbons (Fsp3) is 0.500. The minimum atomic E-state index is 0.243. The zero-order valence-electron chi connectivity index (χ0n) is 20.7. The number of nitrogens with zero attached hydrogens (tertiary/aromatic N) is 5. The molecular formula is C28H32Cl2N6. The second-order valence-electron chi connectivity index (χ2n) is 10.8. The van der Waals surface area contributed by atoms with Crippen LogP contribution in [0.25, 0.3) is 11.0 Å². The molecule has 0 radical (unpaired) electrons. The number of hydrogen-bond donors (Lipinski definition) is 1. The molecule has 1 aromatic heterocycles. The van der Waals surface area contributed by atoms with E-state index in [0.717, 1.165) is 74.7 Å². The lowest BCUT2D eigenvalue weighted by molar-refractivity contribution is 0.153. The maximum atomic E-state index is 9.20. The summed E-state index contributed by atoms with van der Waals surface area (Å²) in [5.74, 6) is 1.53. The Morgan fingerprint density at radius 1 is 1.14 bits per heavy atom. The van der Waals surface area contributed by atoms with E-state index in [9.17, 15) is 5.26 Å². The van der Waals surface area contributed by atoms with Crippen molar-refractivity contribution in [3.63, 3.8) is 0 Å². The van der Waals surface area contributed by atoms with Crippen LogP contribution in [-0.4, -0.2) is 72.1 Å². The van der Waals surface area contributed by atoms with Gasteiger partial charge in [-0.25, -0.2) is 4.98 Å². The Bertz CT molecular complexity index is 1250. The van der Waals surface area contributed by atoms with E-state index in [1.54, 1.807) is 0 Å².